The third-order valence-electron chi connectivity index (χ3n) is 6.62. The van der Waals surface area contributed by atoms with Crippen molar-refractivity contribution in [2.75, 3.05) is 11.5 Å². The molecule has 1 saturated heterocycles. The van der Waals surface area contributed by atoms with E-state index >= 15 is 0 Å². The summed E-state index contributed by atoms with van der Waals surface area (Å²) in [5.74, 6) is -0.286. The number of hydrogen-bond donors (Lipinski definition) is 1. The highest BCUT2D eigenvalue weighted by Gasteiger charge is 2.47. The van der Waals surface area contributed by atoms with Crippen molar-refractivity contribution in [3.8, 4) is 11.5 Å². The largest absolute Gasteiger partial charge is 0.507 e. The molecule has 6 nitrogen and oxygen atoms in total. The van der Waals surface area contributed by atoms with E-state index in [1.165, 1.54) is 4.90 Å². The Bertz CT molecular complexity index is 1350. The maximum Gasteiger partial charge on any atom is 0.300 e. The monoisotopic (exact) mass is 527 g/mol. The number of rotatable bonds is 8. The SMILES string of the molecule is CCCOc1ccc(/C(O)=C2\C(=O)C(=O)N(c3ccc(C(C)(C)C)cc3)C2c2ccc(OC(C)C)cc2)cc1. The van der Waals surface area contributed by atoms with Gasteiger partial charge in [-0.1, -0.05) is 52.0 Å². The molecule has 0 saturated carbocycles. The normalized spacial score (nSPS) is 17.1. The number of aliphatic hydroxyl groups is 1. The first kappa shape index (κ1) is 28.0. The fourth-order valence-electron chi connectivity index (χ4n) is 4.62. The number of nitrogens with zero attached hydrogens (tertiary/aromatic N) is 1. The number of amides is 1. The van der Waals surface area contributed by atoms with Gasteiger partial charge in [-0.3, -0.25) is 14.5 Å². The zero-order valence-corrected chi connectivity index (χ0v) is 23.5. The molecule has 1 amide bonds. The second-order valence-corrected chi connectivity index (χ2v) is 11.1. The zero-order chi connectivity index (χ0) is 28.3. The minimum absolute atomic E-state index is 0.00657. The average Bonchev–Trinajstić information content (AvgIpc) is 3.17. The van der Waals surface area contributed by atoms with Crippen LogP contribution in [0.15, 0.2) is 78.4 Å². The average molecular weight is 528 g/mol. The van der Waals surface area contributed by atoms with E-state index < -0.39 is 17.7 Å². The lowest BCUT2D eigenvalue weighted by atomic mass is 9.87. The fraction of sp³-hybridized carbons (Fsp3) is 0.333. The number of ether oxygens (including phenoxy) is 2. The number of hydrogen-bond acceptors (Lipinski definition) is 5. The maximum atomic E-state index is 13.5. The van der Waals surface area contributed by atoms with Crippen LogP contribution in [0.2, 0.25) is 0 Å². The molecule has 0 radical (unpaired) electrons. The van der Waals surface area contributed by atoms with Crippen LogP contribution in [0.25, 0.3) is 5.76 Å². The minimum atomic E-state index is -0.811. The van der Waals surface area contributed by atoms with Crippen molar-refractivity contribution in [3.63, 3.8) is 0 Å². The number of carbonyl (C=O) groups excluding carboxylic acids is 2. The Balaban J connectivity index is 1.82. The quantitative estimate of drug-likeness (QED) is 0.191. The Labute approximate surface area is 230 Å². The highest BCUT2D eigenvalue weighted by Crippen LogP contribution is 2.43. The first-order valence-corrected chi connectivity index (χ1v) is 13.4. The number of benzene rings is 3. The molecule has 1 unspecified atom stereocenters. The third kappa shape index (κ3) is 6.00. The first-order chi connectivity index (χ1) is 18.5. The lowest BCUT2D eigenvalue weighted by Gasteiger charge is -2.27. The molecule has 1 aliphatic rings. The molecule has 4 rings (SSSR count). The second-order valence-electron chi connectivity index (χ2n) is 11.1. The molecule has 3 aromatic carbocycles. The molecule has 1 aliphatic heterocycles. The van der Waals surface area contributed by atoms with Gasteiger partial charge in [0, 0.05) is 11.3 Å². The van der Waals surface area contributed by atoms with Gasteiger partial charge in [-0.2, -0.15) is 0 Å². The molecule has 0 spiro atoms. The number of aliphatic hydroxyl groups excluding tert-OH is 1. The molecule has 1 fully saturated rings. The van der Waals surface area contributed by atoms with Crippen molar-refractivity contribution in [1.82, 2.24) is 0 Å². The molecule has 6 heteroatoms. The Morgan fingerprint density at radius 3 is 2.03 bits per heavy atom. The summed E-state index contributed by atoms with van der Waals surface area (Å²) < 4.78 is 11.4. The second kappa shape index (κ2) is 11.4. The van der Waals surface area contributed by atoms with E-state index in [0.29, 0.717) is 34.9 Å². The van der Waals surface area contributed by atoms with Gasteiger partial charge in [0.05, 0.1) is 24.3 Å². The van der Waals surface area contributed by atoms with E-state index in [4.69, 9.17) is 9.47 Å². The smallest absolute Gasteiger partial charge is 0.300 e. The molecule has 1 heterocycles. The molecule has 3 aromatic rings. The number of carbonyl (C=O) groups is 2. The van der Waals surface area contributed by atoms with Crippen LogP contribution in [0.5, 0.6) is 11.5 Å². The number of Topliss-reactive ketones (excluding diaryl/α,β-unsaturated/α-hetero) is 1. The predicted molar refractivity (Wildman–Crippen MR) is 154 cm³/mol. The maximum absolute atomic E-state index is 13.5. The van der Waals surface area contributed by atoms with E-state index in [2.05, 4.69) is 20.8 Å². The Kier molecular flexibility index (Phi) is 8.14. The highest BCUT2D eigenvalue weighted by atomic mass is 16.5. The van der Waals surface area contributed by atoms with E-state index in [9.17, 15) is 14.7 Å². The summed E-state index contributed by atoms with van der Waals surface area (Å²) in [5, 5.41) is 11.4. The minimum Gasteiger partial charge on any atom is -0.507 e. The van der Waals surface area contributed by atoms with Crippen LogP contribution < -0.4 is 14.4 Å². The fourth-order valence-corrected chi connectivity index (χ4v) is 4.62. The van der Waals surface area contributed by atoms with Gasteiger partial charge >= 0.3 is 0 Å². The van der Waals surface area contributed by atoms with Gasteiger partial charge < -0.3 is 14.6 Å². The Morgan fingerprint density at radius 2 is 1.49 bits per heavy atom. The molecule has 0 aliphatic carbocycles. The van der Waals surface area contributed by atoms with Crippen LogP contribution in [0, 0.1) is 0 Å². The van der Waals surface area contributed by atoms with Crippen LogP contribution in [0.4, 0.5) is 5.69 Å². The van der Waals surface area contributed by atoms with Crippen LogP contribution in [-0.4, -0.2) is 29.5 Å². The summed E-state index contributed by atoms with van der Waals surface area (Å²) in [5.41, 5.74) is 2.80. The summed E-state index contributed by atoms with van der Waals surface area (Å²) in [4.78, 5) is 28.4. The van der Waals surface area contributed by atoms with Gasteiger partial charge in [0.15, 0.2) is 0 Å². The van der Waals surface area contributed by atoms with E-state index in [0.717, 1.165) is 12.0 Å². The van der Waals surface area contributed by atoms with Crippen LogP contribution >= 0.6 is 0 Å². The molecule has 204 valence electrons. The van der Waals surface area contributed by atoms with Crippen molar-refractivity contribution in [2.45, 2.75) is 65.5 Å². The summed E-state index contributed by atoms with van der Waals surface area (Å²) in [6, 6.07) is 21.0. The van der Waals surface area contributed by atoms with Gasteiger partial charge in [0.25, 0.3) is 11.7 Å². The van der Waals surface area contributed by atoms with E-state index in [1.807, 2.05) is 69.3 Å². The molecule has 1 N–H and O–H groups in total. The van der Waals surface area contributed by atoms with Crippen LogP contribution in [0.1, 0.15) is 70.7 Å². The van der Waals surface area contributed by atoms with Crippen molar-refractivity contribution < 1.29 is 24.2 Å². The summed E-state index contributed by atoms with van der Waals surface area (Å²) in [7, 11) is 0. The molecule has 39 heavy (non-hydrogen) atoms. The lowest BCUT2D eigenvalue weighted by molar-refractivity contribution is -0.132. The molecule has 0 aromatic heterocycles. The van der Waals surface area contributed by atoms with Crippen molar-refractivity contribution in [3.05, 3.63) is 95.1 Å². The topological polar surface area (TPSA) is 76.1 Å². The molecule has 0 bridgehead atoms. The highest BCUT2D eigenvalue weighted by molar-refractivity contribution is 6.51. The van der Waals surface area contributed by atoms with Crippen molar-refractivity contribution in [1.29, 1.82) is 0 Å². The molecular weight excluding hydrogens is 490 g/mol. The lowest BCUT2D eigenvalue weighted by Crippen LogP contribution is -2.29. The standard InChI is InChI=1S/C33H37NO5/c1-7-20-38-26-16-10-23(11-17-26)30(35)28-29(22-8-18-27(19-9-22)39-21(2)3)34(32(37)31(28)36)25-14-12-24(13-15-25)33(4,5)6/h8-19,21,29,35H,7,20H2,1-6H3/b30-28+. The zero-order valence-electron chi connectivity index (χ0n) is 23.5. The van der Waals surface area contributed by atoms with E-state index in [-0.39, 0.29) is 22.9 Å². The molecular formula is C33H37NO5. The Morgan fingerprint density at radius 1 is 0.897 bits per heavy atom. The third-order valence-corrected chi connectivity index (χ3v) is 6.62. The first-order valence-electron chi connectivity index (χ1n) is 13.4. The van der Waals surface area contributed by atoms with Gasteiger partial charge in [-0.15, -0.1) is 0 Å². The van der Waals surface area contributed by atoms with Gasteiger partial charge in [-0.25, -0.2) is 0 Å². The molecule has 1 atom stereocenters. The summed E-state index contributed by atoms with van der Waals surface area (Å²) >= 11 is 0. The Hall–Kier alpha value is -4.06. The van der Waals surface area contributed by atoms with Crippen LogP contribution in [0.3, 0.4) is 0 Å². The summed E-state index contributed by atoms with van der Waals surface area (Å²) in [6.07, 6.45) is 0.884. The van der Waals surface area contributed by atoms with Crippen LogP contribution in [-0.2, 0) is 15.0 Å². The summed E-state index contributed by atoms with van der Waals surface area (Å²) in [6.45, 7) is 12.9. The van der Waals surface area contributed by atoms with Gasteiger partial charge in [-0.05, 0) is 85.3 Å². The van der Waals surface area contributed by atoms with Crippen molar-refractivity contribution >= 4 is 23.1 Å². The van der Waals surface area contributed by atoms with Gasteiger partial charge in [0.1, 0.15) is 17.3 Å². The van der Waals surface area contributed by atoms with Crippen molar-refractivity contribution in [2.24, 2.45) is 0 Å². The predicted octanol–water partition coefficient (Wildman–Crippen LogP) is 7.19. The number of anilines is 1. The number of ketones is 1. The van der Waals surface area contributed by atoms with Gasteiger partial charge in [0.2, 0.25) is 0 Å². The van der Waals surface area contributed by atoms with E-state index in [1.54, 1.807) is 24.3 Å².